The molecule has 0 amide bonds. The Hall–Kier alpha value is -1.68. The van der Waals surface area contributed by atoms with E-state index in [0.717, 1.165) is 17.5 Å². The third-order valence-corrected chi connectivity index (χ3v) is 2.91. The number of pyridine rings is 1. The quantitative estimate of drug-likeness (QED) is 0.786. The molecule has 0 radical (unpaired) electrons. The minimum Gasteiger partial charge on any atom is -0.298 e. The van der Waals surface area contributed by atoms with Gasteiger partial charge < -0.3 is 0 Å². The number of aromatic nitrogens is 3. The topological polar surface area (TPSA) is 47.8 Å². The number of aldehydes is 1. The van der Waals surface area contributed by atoms with Crippen molar-refractivity contribution in [3.8, 4) is 11.3 Å². The maximum Gasteiger partial charge on any atom is 0.155 e. The van der Waals surface area contributed by atoms with E-state index in [1.54, 1.807) is 10.9 Å². The van der Waals surface area contributed by atoms with Gasteiger partial charge >= 0.3 is 0 Å². The van der Waals surface area contributed by atoms with Crippen molar-refractivity contribution in [3.63, 3.8) is 0 Å². The predicted octanol–water partition coefficient (Wildman–Crippen LogP) is 2.74. The molecule has 0 aromatic carbocycles. The summed E-state index contributed by atoms with van der Waals surface area (Å²) in [4.78, 5) is 15.2. The van der Waals surface area contributed by atoms with Crippen molar-refractivity contribution in [2.75, 3.05) is 0 Å². The van der Waals surface area contributed by atoms with E-state index in [2.05, 4.69) is 10.1 Å². The number of hydrogen-bond donors (Lipinski definition) is 0. The fourth-order valence-electron chi connectivity index (χ4n) is 1.68. The lowest BCUT2D eigenvalue weighted by Gasteiger charge is -1.98. The van der Waals surface area contributed by atoms with Gasteiger partial charge in [-0.1, -0.05) is 11.6 Å². The van der Waals surface area contributed by atoms with Crippen LogP contribution in [-0.4, -0.2) is 21.1 Å². The number of aryl methyl sites for hydroxylation is 2. The highest BCUT2D eigenvalue weighted by molar-refractivity contribution is 6.32. The van der Waals surface area contributed by atoms with Crippen molar-refractivity contribution in [2.24, 2.45) is 0 Å². The van der Waals surface area contributed by atoms with Crippen LogP contribution in [-0.2, 0) is 6.54 Å². The number of nitrogens with zero attached hydrogens (tertiary/aromatic N) is 3. The first-order valence-electron chi connectivity index (χ1n) is 5.32. The molecule has 0 aliphatic carbocycles. The molecule has 0 aliphatic heterocycles. The molecule has 4 nitrogen and oxygen atoms in total. The second kappa shape index (κ2) is 4.67. The highest BCUT2D eigenvalue weighted by atomic mass is 35.5. The van der Waals surface area contributed by atoms with E-state index in [4.69, 9.17) is 11.6 Å². The summed E-state index contributed by atoms with van der Waals surface area (Å²) in [6, 6.07) is 3.70. The van der Waals surface area contributed by atoms with Gasteiger partial charge in [0.15, 0.2) is 6.29 Å². The molecule has 0 unspecified atom stereocenters. The van der Waals surface area contributed by atoms with Gasteiger partial charge in [0.05, 0.1) is 5.56 Å². The Bertz CT molecular complexity index is 563. The van der Waals surface area contributed by atoms with Gasteiger partial charge in [0.25, 0.3) is 0 Å². The van der Waals surface area contributed by atoms with Crippen molar-refractivity contribution >= 4 is 17.9 Å². The molecule has 0 atom stereocenters. The molecule has 2 aromatic heterocycles. The summed E-state index contributed by atoms with van der Waals surface area (Å²) >= 11 is 6.07. The molecule has 0 aliphatic rings. The smallest absolute Gasteiger partial charge is 0.155 e. The molecule has 88 valence electrons. The first kappa shape index (κ1) is 11.8. The Balaban J connectivity index is 2.62. The molecular weight excluding hydrogens is 238 g/mol. The minimum atomic E-state index is 0.381. The number of hydrogen-bond acceptors (Lipinski definition) is 3. The van der Waals surface area contributed by atoms with E-state index in [1.807, 2.05) is 26.0 Å². The second-order valence-corrected chi connectivity index (χ2v) is 4.03. The third-order valence-electron chi connectivity index (χ3n) is 2.51. The van der Waals surface area contributed by atoms with Crippen LogP contribution in [0.4, 0.5) is 0 Å². The molecule has 0 spiro atoms. The Labute approximate surface area is 104 Å². The lowest BCUT2D eigenvalue weighted by atomic mass is 10.1. The summed E-state index contributed by atoms with van der Waals surface area (Å²) in [5.41, 5.74) is 2.77. The van der Waals surface area contributed by atoms with E-state index >= 15 is 0 Å². The maximum absolute atomic E-state index is 11.1. The lowest BCUT2D eigenvalue weighted by molar-refractivity contribution is 0.112. The number of rotatable bonds is 3. The Kier molecular flexibility index (Phi) is 3.24. The van der Waals surface area contributed by atoms with Gasteiger partial charge in [0.2, 0.25) is 0 Å². The van der Waals surface area contributed by atoms with Gasteiger partial charge in [-0.2, -0.15) is 5.10 Å². The molecule has 2 aromatic rings. The molecular formula is C12H12ClN3O. The van der Waals surface area contributed by atoms with Crippen LogP contribution in [0.3, 0.4) is 0 Å². The molecule has 0 saturated carbocycles. The molecule has 0 N–H and O–H groups in total. The van der Waals surface area contributed by atoms with E-state index in [1.165, 1.54) is 0 Å². The molecule has 17 heavy (non-hydrogen) atoms. The summed E-state index contributed by atoms with van der Waals surface area (Å²) in [5, 5.41) is 4.72. The summed E-state index contributed by atoms with van der Waals surface area (Å²) < 4.78 is 1.61. The van der Waals surface area contributed by atoms with Crippen molar-refractivity contribution in [1.29, 1.82) is 0 Å². The summed E-state index contributed by atoms with van der Waals surface area (Å²) in [6.07, 6.45) is 2.44. The summed E-state index contributed by atoms with van der Waals surface area (Å²) in [6.45, 7) is 4.45. The van der Waals surface area contributed by atoms with Gasteiger partial charge in [-0.25, -0.2) is 0 Å². The highest BCUT2D eigenvalue weighted by Crippen LogP contribution is 2.27. The third kappa shape index (κ3) is 2.08. The Morgan fingerprint density at radius 1 is 1.53 bits per heavy atom. The maximum atomic E-state index is 11.1. The normalized spacial score (nSPS) is 10.5. The van der Waals surface area contributed by atoms with E-state index in [0.29, 0.717) is 23.0 Å². The molecule has 0 saturated heterocycles. The zero-order valence-electron chi connectivity index (χ0n) is 9.64. The first-order valence-corrected chi connectivity index (χ1v) is 5.69. The van der Waals surface area contributed by atoms with Gasteiger partial charge in [-0.15, -0.1) is 0 Å². The summed E-state index contributed by atoms with van der Waals surface area (Å²) in [5.74, 6) is 0. The minimum absolute atomic E-state index is 0.381. The molecule has 5 heteroatoms. The SMILES string of the molecule is CCn1nc(-c2ccnc(C)c2)c(C=O)c1Cl. The lowest BCUT2D eigenvalue weighted by Crippen LogP contribution is -1.96. The number of halogens is 1. The van der Waals surface area contributed by atoms with Gasteiger partial charge in [-0.05, 0) is 26.0 Å². The van der Waals surface area contributed by atoms with Gasteiger partial charge in [-0.3, -0.25) is 14.5 Å². The van der Waals surface area contributed by atoms with Gasteiger partial charge in [0.1, 0.15) is 10.8 Å². The van der Waals surface area contributed by atoms with Crippen LogP contribution in [0.1, 0.15) is 23.0 Å². The molecule has 0 fully saturated rings. The van der Waals surface area contributed by atoms with Crippen LogP contribution >= 0.6 is 11.6 Å². The largest absolute Gasteiger partial charge is 0.298 e. The average Bonchev–Trinajstić information content (AvgIpc) is 2.65. The zero-order chi connectivity index (χ0) is 12.4. The second-order valence-electron chi connectivity index (χ2n) is 3.67. The van der Waals surface area contributed by atoms with Crippen molar-refractivity contribution in [1.82, 2.24) is 14.8 Å². The Morgan fingerprint density at radius 3 is 2.88 bits per heavy atom. The monoisotopic (exact) mass is 249 g/mol. The van der Waals surface area contributed by atoms with Crippen LogP contribution in [0.25, 0.3) is 11.3 Å². The first-order chi connectivity index (χ1) is 8.17. The molecule has 2 heterocycles. The van der Waals surface area contributed by atoms with Crippen LogP contribution in [0, 0.1) is 6.92 Å². The van der Waals surface area contributed by atoms with E-state index in [-0.39, 0.29) is 0 Å². The van der Waals surface area contributed by atoms with Gasteiger partial charge in [0, 0.05) is 24.0 Å². The van der Waals surface area contributed by atoms with E-state index in [9.17, 15) is 4.79 Å². The number of carbonyl (C=O) groups excluding carboxylic acids is 1. The molecule has 2 rings (SSSR count). The van der Waals surface area contributed by atoms with Crippen LogP contribution < -0.4 is 0 Å². The molecule has 0 bridgehead atoms. The fraction of sp³-hybridized carbons (Fsp3) is 0.250. The highest BCUT2D eigenvalue weighted by Gasteiger charge is 2.16. The number of carbonyl (C=O) groups is 1. The van der Waals surface area contributed by atoms with Crippen LogP contribution in [0.5, 0.6) is 0 Å². The Morgan fingerprint density at radius 2 is 2.29 bits per heavy atom. The fourth-order valence-corrected chi connectivity index (χ4v) is 1.97. The predicted molar refractivity (Wildman–Crippen MR) is 66.3 cm³/mol. The van der Waals surface area contributed by atoms with Crippen molar-refractivity contribution in [2.45, 2.75) is 20.4 Å². The van der Waals surface area contributed by atoms with Crippen molar-refractivity contribution in [3.05, 3.63) is 34.7 Å². The standard InChI is InChI=1S/C12H12ClN3O/c1-3-16-12(13)10(7-17)11(15-16)9-4-5-14-8(2)6-9/h4-7H,3H2,1-2H3. The van der Waals surface area contributed by atoms with Crippen LogP contribution in [0.15, 0.2) is 18.3 Å². The average molecular weight is 250 g/mol. The summed E-state index contributed by atoms with van der Waals surface area (Å²) in [7, 11) is 0. The van der Waals surface area contributed by atoms with Crippen LogP contribution in [0.2, 0.25) is 5.15 Å². The van der Waals surface area contributed by atoms with Crippen molar-refractivity contribution < 1.29 is 4.79 Å². The van der Waals surface area contributed by atoms with E-state index < -0.39 is 0 Å². The zero-order valence-corrected chi connectivity index (χ0v) is 10.4.